The average molecular weight is 398 g/mol. The van der Waals surface area contributed by atoms with Crippen molar-refractivity contribution in [3.63, 3.8) is 0 Å². The van der Waals surface area contributed by atoms with Gasteiger partial charge in [-0.05, 0) is 80.9 Å². The van der Waals surface area contributed by atoms with Gasteiger partial charge in [0.05, 0.1) is 7.11 Å². The summed E-state index contributed by atoms with van der Waals surface area (Å²) in [6.45, 7) is 4.98. The van der Waals surface area contributed by atoms with Crippen LogP contribution in [0.4, 0.5) is 0 Å². The lowest BCUT2D eigenvalue weighted by Gasteiger charge is -2.23. The molecule has 3 rings (SSSR count). The van der Waals surface area contributed by atoms with E-state index in [0.717, 1.165) is 50.1 Å². The van der Waals surface area contributed by atoms with E-state index in [9.17, 15) is 9.59 Å². The maximum absolute atomic E-state index is 12.9. The number of aryl methyl sites for hydroxylation is 2. The Morgan fingerprint density at radius 1 is 1.28 bits per heavy atom. The lowest BCUT2D eigenvalue weighted by molar-refractivity contribution is 0.0950. The third-order valence-electron chi connectivity index (χ3n) is 5.54. The minimum Gasteiger partial charge on any atom is -0.497 e. The van der Waals surface area contributed by atoms with Crippen molar-refractivity contribution >= 4 is 5.91 Å². The van der Waals surface area contributed by atoms with Crippen LogP contribution in [-0.4, -0.2) is 37.2 Å². The van der Waals surface area contributed by atoms with Crippen molar-refractivity contribution in [3.05, 3.63) is 63.6 Å². The van der Waals surface area contributed by atoms with Crippen molar-refractivity contribution < 1.29 is 9.53 Å². The highest BCUT2D eigenvalue weighted by molar-refractivity contribution is 5.95. The predicted octanol–water partition coefficient (Wildman–Crippen LogP) is 2.53. The number of nitrogens with one attached hydrogen (secondary N) is 2. The molecule has 2 N–H and O–H groups in total. The molecule has 2 aromatic rings. The van der Waals surface area contributed by atoms with Crippen molar-refractivity contribution in [2.75, 3.05) is 26.7 Å². The molecule has 1 amide bonds. The number of methoxy groups -OCH3 is 1. The predicted molar refractivity (Wildman–Crippen MR) is 115 cm³/mol. The molecule has 1 aromatic heterocycles. The molecule has 6 nitrogen and oxygen atoms in total. The number of carbonyl (C=O) groups excluding carboxylic acids is 1. The summed E-state index contributed by atoms with van der Waals surface area (Å²) in [5, 5.41) is 6.29. The van der Waals surface area contributed by atoms with Gasteiger partial charge >= 0.3 is 0 Å². The number of nitrogens with zero attached hydrogens (tertiary/aromatic N) is 1. The molecule has 1 aliphatic rings. The lowest BCUT2D eigenvalue weighted by atomic mass is 9.99. The van der Waals surface area contributed by atoms with Gasteiger partial charge in [-0.2, -0.15) is 0 Å². The van der Waals surface area contributed by atoms with Gasteiger partial charge in [0.1, 0.15) is 11.3 Å². The molecule has 1 aromatic carbocycles. The molecule has 29 heavy (non-hydrogen) atoms. The van der Waals surface area contributed by atoms with E-state index in [2.05, 4.69) is 10.6 Å². The molecule has 2 heterocycles. The van der Waals surface area contributed by atoms with Crippen LogP contribution >= 0.6 is 0 Å². The summed E-state index contributed by atoms with van der Waals surface area (Å²) in [5.41, 5.74) is 1.99. The minimum atomic E-state index is -0.279. The molecule has 1 saturated heterocycles. The highest BCUT2D eigenvalue weighted by Gasteiger charge is 2.18. The van der Waals surface area contributed by atoms with Gasteiger partial charge in [0.2, 0.25) is 0 Å². The molecule has 1 atom stereocenters. The summed E-state index contributed by atoms with van der Waals surface area (Å²) >= 11 is 0. The fraction of sp³-hybridized carbons (Fsp3) is 0.478. The molecule has 1 aliphatic heterocycles. The maximum Gasteiger partial charge on any atom is 0.263 e. The largest absolute Gasteiger partial charge is 0.497 e. The van der Waals surface area contributed by atoms with Crippen LogP contribution in [-0.2, 0) is 13.0 Å². The number of aromatic nitrogens is 1. The van der Waals surface area contributed by atoms with E-state index in [0.29, 0.717) is 19.0 Å². The third kappa shape index (κ3) is 5.70. The van der Waals surface area contributed by atoms with Gasteiger partial charge in [0, 0.05) is 19.3 Å². The highest BCUT2D eigenvalue weighted by atomic mass is 16.5. The highest BCUT2D eigenvalue weighted by Crippen LogP contribution is 2.13. The van der Waals surface area contributed by atoms with Crippen LogP contribution in [0.2, 0.25) is 0 Å². The zero-order valence-electron chi connectivity index (χ0n) is 17.4. The van der Waals surface area contributed by atoms with Crippen LogP contribution in [0.25, 0.3) is 0 Å². The quantitative estimate of drug-likeness (QED) is 0.672. The number of piperidine rings is 1. The molecule has 0 spiro atoms. The Labute approximate surface area is 172 Å². The molecule has 0 bridgehead atoms. The average Bonchev–Trinajstić information content (AvgIpc) is 2.74. The Morgan fingerprint density at radius 3 is 2.76 bits per heavy atom. The molecule has 1 unspecified atom stereocenters. The van der Waals surface area contributed by atoms with Crippen LogP contribution in [0.15, 0.2) is 41.3 Å². The van der Waals surface area contributed by atoms with Crippen molar-refractivity contribution in [2.45, 2.75) is 39.2 Å². The first-order chi connectivity index (χ1) is 14.1. The van der Waals surface area contributed by atoms with Crippen LogP contribution in [0.1, 0.15) is 40.7 Å². The zero-order valence-corrected chi connectivity index (χ0v) is 17.4. The monoisotopic (exact) mass is 397 g/mol. The van der Waals surface area contributed by atoms with E-state index in [1.54, 1.807) is 11.7 Å². The Morgan fingerprint density at radius 2 is 2.07 bits per heavy atom. The van der Waals surface area contributed by atoms with E-state index >= 15 is 0 Å². The fourth-order valence-corrected chi connectivity index (χ4v) is 3.82. The number of carbonyl (C=O) groups is 1. The smallest absolute Gasteiger partial charge is 0.263 e. The first-order valence-corrected chi connectivity index (χ1v) is 10.4. The molecule has 0 saturated carbocycles. The van der Waals surface area contributed by atoms with Gasteiger partial charge in [-0.3, -0.25) is 9.59 Å². The standard InChI is InChI=1S/C23H31N3O3/c1-17-11-14-26(16-19-6-3-12-24-15-19)23(28)21(17)22(27)25-13-4-5-18-7-9-20(29-2)10-8-18/h7-11,14,19,24H,3-6,12-13,15-16H2,1-2H3,(H,25,27). The topological polar surface area (TPSA) is 72.4 Å². The second kappa shape index (κ2) is 10.3. The summed E-state index contributed by atoms with van der Waals surface area (Å²) in [4.78, 5) is 25.6. The number of benzene rings is 1. The third-order valence-corrected chi connectivity index (χ3v) is 5.54. The van der Waals surface area contributed by atoms with Gasteiger partial charge in [0.25, 0.3) is 11.5 Å². The zero-order chi connectivity index (χ0) is 20.6. The fourth-order valence-electron chi connectivity index (χ4n) is 3.82. The van der Waals surface area contributed by atoms with Gasteiger partial charge in [-0.15, -0.1) is 0 Å². The molecule has 156 valence electrons. The summed E-state index contributed by atoms with van der Waals surface area (Å²) < 4.78 is 6.85. The molecular weight excluding hydrogens is 366 g/mol. The Bertz CT molecular complexity index is 868. The van der Waals surface area contributed by atoms with E-state index in [1.807, 2.05) is 43.5 Å². The van der Waals surface area contributed by atoms with E-state index in [4.69, 9.17) is 4.74 Å². The summed E-state index contributed by atoms with van der Waals surface area (Å²) in [7, 11) is 1.65. The summed E-state index contributed by atoms with van der Waals surface area (Å²) in [6.07, 6.45) is 5.72. The second-order valence-electron chi connectivity index (χ2n) is 7.75. The number of pyridine rings is 1. The molecule has 1 fully saturated rings. The SMILES string of the molecule is COc1ccc(CCCNC(=O)c2c(C)ccn(CC3CCCNC3)c2=O)cc1. The molecule has 6 heteroatoms. The first kappa shape index (κ1) is 21.1. The number of amides is 1. The summed E-state index contributed by atoms with van der Waals surface area (Å²) in [5.74, 6) is 0.991. The van der Waals surface area contributed by atoms with Gasteiger partial charge in [0.15, 0.2) is 0 Å². The van der Waals surface area contributed by atoms with Crippen LogP contribution in [0.3, 0.4) is 0 Å². The summed E-state index contributed by atoms with van der Waals surface area (Å²) in [6, 6.07) is 9.79. The van der Waals surface area contributed by atoms with Crippen LogP contribution in [0, 0.1) is 12.8 Å². The lowest BCUT2D eigenvalue weighted by Crippen LogP contribution is -2.38. The molecule has 0 radical (unpaired) electrons. The van der Waals surface area contributed by atoms with Crippen molar-refractivity contribution in [2.24, 2.45) is 5.92 Å². The van der Waals surface area contributed by atoms with E-state index < -0.39 is 0 Å². The number of ether oxygens (including phenoxy) is 1. The number of rotatable bonds is 8. The number of hydrogen-bond acceptors (Lipinski definition) is 4. The van der Waals surface area contributed by atoms with Gasteiger partial charge < -0.3 is 19.9 Å². The van der Waals surface area contributed by atoms with Crippen molar-refractivity contribution in [1.29, 1.82) is 0 Å². The van der Waals surface area contributed by atoms with E-state index in [1.165, 1.54) is 5.56 Å². The Balaban J connectivity index is 1.56. The van der Waals surface area contributed by atoms with E-state index in [-0.39, 0.29) is 17.0 Å². The molecular formula is C23H31N3O3. The number of hydrogen-bond donors (Lipinski definition) is 2. The first-order valence-electron chi connectivity index (χ1n) is 10.4. The van der Waals surface area contributed by atoms with Gasteiger partial charge in [-0.25, -0.2) is 0 Å². The van der Waals surface area contributed by atoms with Gasteiger partial charge in [-0.1, -0.05) is 12.1 Å². The minimum absolute atomic E-state index is 0.191. The van der Waals surface area contributed by atoms with Crippen LogP contribution in [0.5, 0.6) is 5.75 Å². The normalized spacial score (nSPS) is 16.4. The van der Waals surface area contributed by atoms with Crippen molar-refractivity contribution in [1.82, 2.24) is 15.2 Å². The second-order valence-corrected chi connectivity index (χ2v) is 7.75. The molecule has 0 aliphatic carbocycles. The maximum atomic E-state index is 12.9. The van der Waals surface area contributed by atoms with Crippen molar-refractivity contribution in [3.8, 4) is 5.75 Å². The Kier molecular flexibility index (Phi) is 7.47. The Hall–Kier alpha value is -2.60. The van der Waals surface area contributed by atoms with Crippen LogP contribution < -0.4 is 20.9 Å².